The normalized spacial score (nSPS) is 4.50. The van der Waals surface area contributed by atoms with Gasteiger partial charge in [0.05, 0.1) is 0 Å². The molecule has 0 spiro atoms. The second kappa shape index (κ2) is 9.77. The Kier molecular flexibility index (Phi) is 21.6. The first-order valence-electron chi connectivity index (χ1n) is 1.12. The van der Waals surface area contributed by atoms with E-state index in [0.29, 0.717) is 0 Å². The Balaban J connectivity index is 0. The number of nitrogens with two attached hydrogens (primary N) is 1. The molecule has 0 rings (SSSR count). The van der Waals surface area contributed by atoms with Crippen LogP contribution in [0.1, 0.15) is 6.92 Å². The minimum Gasteiger partial charge on any atom is -0.331 e. The first-order valence-corrected chi connectivity index (χ1v) is 1.12. The molecule has 2 N–H and O–H groups in total. The number of rotatable bonds is 0. The van der Waals surface area contributed by atoms with Crippen molar-refractivity contribution in [2.24, 2.45) is 5.73 Å². The second-order valence-electron chi connectivity index (χ2n) is 0.408. The van der Waals surface area contributed by atoms with Crippen molar-refractivity contribution in [3.63, 3.8) is 0 Å². The van der Waals surface area contributed by atoms with Crippen LogP contribution in [0.25, 0.3) is 0 Å². The largest absolute Gasteiger partial charge is 0.331 e. The molecular formula is C2H7CuN. The Morgan fingerprint density at radius 3 is 1.75 bits per heavy atom. The fourth-order valence-corrected chi connectivity index (χ4v) is 0. The molecule has 2 heteroatoms. The molecule has 0 aliphatic heterocycles. The molecule has 1 radical (unpaired) electrons. The van der Waals surface area contributed by atoms with Crippen molar-refractivity contribution in [3.8, 4) is 0 Å². The zero-order valence-corrected chi connectivity index (χ0v) is 3.53. The maximum absolute atomic E-state index is 4.85. The molecule has 4 heavy (non-hydrogen) atoms. The molecule has 0 aromatic carbocycles. The quantitative estimate of drug-likeness (QED) is 0.433. The van der Waals surface area contributed by atoms with Gasteiger partial charge in [0, 0.05) is 17.1 Å². The molecule has 0 atom stereocenters. The summed E-state index contributed by atoms with van der Waals surface area (Å²) in [5.41, 5.74) is 4.85. The van der Waals surface area contributed by atoms with Crippen LogP contribution in [0.5, 0.6) is 0 Å². The Morgan fingerprint density at radius 2 is 1.75 bits per heavy atom. The second-order valence-corrected chi connectivity index (χ2v) is 0.408. The van der Waals surface area contributed by atoms with Gasteiger partial charge in [-0.25, -0.2) is 0 Å². The first-order chi connectivity index (χ1) is 1.41. The molecule has 1 nitrogen and oxygen atoms in total. The van der Waals surface area contributed by atoms with Gasteiger partial charge in [-0.3, -0.25) is 0 Å². The van der Waals surface area contributed by atoms with Gasteiger partial charge >= 0.3 is 0 Å². The molecule has 31 valence electrons. The average molecular weight is 109 g/mol. The van der Waals surface area contributed by atoms with Crippen LogP contribution in [0.3, 0.4) is 0 Å². The van der Waals surface area contributed by atoms with Crippen LogP contribution < -0.4 is 5.73 Å². The van der Waals surface area contributed by atoms with Crippen LogP contribution in [0, 0.1) is 0 Å². The summed E-state index contributed by atoms with van der Waals surface area (Å²) in [7, 11) is 0. The molecule has 0 aromatic heterocycles. The minimum absolute atomic E-state index is 0. The molecule has 0 saturated carbocycles. The predicted molar refractivity (Wildman–Crippen MR) is 14.7 cm³/mol. The van der Waals surface area contributed by atoms with E-state index in [1.54, 1.807) is 0 Å². The molecule has 0 aliphatic rings. The van der Waals surface area contributed by atoms with Gasteiger partial charge in [0.15, 0.2) is 0 Å². The molecule has 0 fully saturated rings. The summed E-state index contributed by atoms with van der Waals surface area (Å²) >= 11 is 0. The van der Waals surface area contributed by atoms with Gasteiger partial charge in [-0.05, 0) is 6.54 Å². The zero-order chi connectivity index (χ0) is 2.71. The van der Waals surface area contributed by atoms with E-state index in [4.69, 9.17) is 5.73 Å². The van der Waals surface area contributed by atoms with Crippen LogP contribution >= 0.6 is 0 Å². The third kappa shape index (κ3) is 23.6. The topological polar surface area (TPSA) is 26.0 Å². The van der Waals surface area contributed by atoms with E-state index in [2.05, 4.69) is 0 Å². The van der Waals surface area contributed by atoms with Crippen LogP contribution in [0.2, 0.25) is 0 Å². The van der Waals surface area contributed by atoms with E-state index in [1.807, 2.05) is 6.92 Å². The van der Waals surface area contributed by atoms with Crippen molar-refractivity contribution in [2.45, 2.75) is 6.92 Å². The van der Waals surface area contributed by atoms with Gasteiger partial charge in [-0.1, -0.05) is 6.92 Å². The maximum Gasteiger partial charge on any atom is 0 e. The van der Waals surface area contributed by atoms with Crippen molar-refractivity contribution in [2.75, 3.05) is 6.54 Å². The van der Waals surface area contributed by atoms with Crippen molar-refractivity contribution >= 4 is 0 Å². The summed E-state index contributed by atoms with van der Waals surface area (Å²) in [6.07, 6.45) is 0. The van der Waals surface area contributed by atoms with E-state index in [1.165, 1.54) is 0 Å². The van der Waals surface area contributed by atoms with Gasteiger partial charge < -0.3 is 5.73 Å². The molecule has 0 amide bonds. The van der Waals surface area contributed by atoms with Gasteiger partial charge in [0.2, 0.25) is 0 Å². The molecule has 0 bridgehead atoms. The summed E-state index contributed by atoms with van der Waals surface area (Å²) in [5, 5.41) is 0. The summed E-state index contributed by atoms with van der Waals surface area (Å²) in [6, 6.07) is 0. The molecular weight excluding hydrogens is 102 g/mol. The molecule has 0 aliphatic carbocycles. The molecule has 0 aromatic rings. The van der Waals surface area contributed by atoms with Crippen molar-refractivity contribution < 1.29 is 17.1 Å². The van der Waals surface area contributed by atoms with E-state index < -0.39 is 0 Å². The Labute approximate surface area is 37.0 Å². The Morgan fingerprint density at radius 1 is 1.75 bits per heavy atom. The summed E-state index contributed by atoms with van der Waals surface area (Å²) in [5.74, 6) is 0. The number of hydrogen-bond acceptors (Lipinski definition) is 1. The van der Waals surface area contributed by atoms with Gasteiger partial charge in [0.1, 0.15) is 0 Å². The maximum atomic E-state index is 4.85. The predicted octanol–water partition coefficient (Wildman–Crippen LogP) is -0.0375. The third-order valence-electron chi connectivity index (χ3n) is 0. The zero-order valence-electron chi connectivity index (χ0n) is 2.59. The average Bonchev–Trinajstić information content (AvgIpc) is 0.918. The smallest absolute Gasteiger partial charge is 0 e. The monoisotopic (exact) mass is 108 g/mol. The number of hydrogen-bond donors (Lipinski definition) is 1. The van der Waals surface area contributed by atoms with E-state index >= 15 is 0 Å². The van der Waals surface area contributed by atoms with Crippen molar-refractivity contribution in [1.29, 1.82) is 0 Å². The SMILES string of the molecule is CCN.[Cu]. The van der Waals surface area contributed by atoms with Crippen LogP contribution in [-0.4, -0.2) is 6.54 Å². The van der Waals surface area contributed by atoms with Crippen LogP contribution in [0.4, 0.5) is 0 Å². The molecule has 0 heterocycles. The van der Waals surface area contributed by atoms with E-state index in [0.717, 1.165) is 6.54 Å². The van der Waals surface area contributed by atoms with Crippen molar-refractivity contribution in [1.82, 2.24) is 0 Å². The molecule has 0 unspecified atom stereocenters. The van der Waals surface area contributed by atoms with Crippen LogP contribution in [0.15, 0.2) is 0 Å². The van der Waals surface area contributed by atoms with Crippen LogP contribution in [-0.2, 0) is 17.1 Å². The van der Waals surface area contributed by atoms with Gasteiger partial charge in [0.25, 0.3) is 0 Å². The summed E-state index contributed by atoms with van der Waals surface area (Å²) in [4.78, 5) is 0. The fourth-order valence-electron chi connectivity index (χ4n) is 0. The van der Waals surface area contributed by atoms with E-state index in [9.17, 15) is 0 Å². The molecule has 0 saturated heterocycles. The summed E-state index contributed by atoms with van der Waals surface area (Å²) < 4.78 is 0. The summed E-state index contributed by atoms with van der Waals surface area (Å²) in [6.45, 7) is 2.65. The standard InChI is InChI=1S/C2H7N.Cu/c1-2-3;/h2-3H2,1H3;. The Hall–Kier alpha value is 0.479. The van der Waals surface area contributed by atoms with Gasteiger partial charge in [-0.15, -0.1) is 0 Å². The van der Waals surface area contributed by atoms with Crippen molar-refractivity contribution in [3.05, 3.63) is 0 Å². The van der Waals surface area contributed by atoms with E-state index in [-0.39, 0.29) is 17.1 Å². The van der Waals surface area contributed by atoms with Gasteiger partial charge in [-0.2, -0.15) is 0 Å². The fraction of sp³-hybridized carbons (Fsp3) is 1.00. The third-order valence-corrected chi connectivity index (χ3v) is 0. The Bertz CT molecular complexity index is 6.00. The first kappa shape index (κ1) is 8.82. The minimum atomic E-state index is 0.